The molecule has 0 bridgehead atoms. The van der Waals surface area contributed by atoms with Gasteiger partial charge >= 0.3 is 0 Å². The van der Waals surface area contributed by atoms with E-state index in [-0.39, 0.29) is 6.04 Å². The molecule has 0 saturated carbocycles. The van der Waals surface area contributed by atoms with Crippen molar-refractivity contribution in [3.05, 3.63) is 65.0 Å². The molecule has 0 amide bonds. The second-order valence-corrected chi connectivity index (χ2v) is 5.17. The molecule has 19 heavy (non-hydrogen) atoms. The summed E-state index contributed by atoms with van der Waals surface area (Å²) in [5.74, 6) is 5.69. The minimum Gasteiger partial charge on any atom is -0.271 e. The number of hydrogen-bond acceptors (Lipinski definition) is 3. The standard InChI is InChI=1S/C16H19N3/c17-19-16(15-5-2-8-18-11-15)10-12-6-7-13-3-1-4-14(13)9-12/h2,5-9,11,16,19H,1,3-4,10,17H2. The Bertz CT molecular complexity index is 551. The molecule has 3 rings (SSSR count). The minimum atomic E-state index is 0.119. The van der Waals surface area contributed by atoms with Crippen LogP contribution in [0.25, 0.3) is 0 Å². The lowest BCUT2D eigenvalue weighted by atomic mass is 9.98. The summed E-state index contributed by atoms with van der Waals surface area (Å²) in [5.41, 5.74) is 8.39. The van der Waals surface area contributed by atoms with Crippen LogP contribution in [0.2, 0.25) is 0 Å². The molecule has 1 unspecified atom stereocenters. The number of aryl methyl sites for hydroxylation is 2. The molecule has 1 heterocycles. The fourth-order valence-electron chi connectivity index (χ4n) is 2.84. The maximum absolute atomic E-state index is 5.69. The van der Waals surface area contributed by atoms with Crippen LogP contribution in [0.1, 0.15) is 34.7 Å². The van der Waals surface area contributed by atoms with E-state index >= 15 is 0 Å². The lowest BCUT2D eigenvalue weighted by Gasteiger charge is -2.16. The second-order valence-electron chi connectivity index (χ2n) is 5.17. The number of nitrogens with two attached hydrogens (primary N) is 1. The van der Waals surface area contributed by atoms with Crippen LogP contribution in [0.15, 0.2) is 42.7 Å². The third kappa shape index (κ3) is 2.67. The van der Waals surface area contributed by atoms with Crippen molar-refractivity contribution in [2.75, 3.05) is 0 Å². The van der Waals surface area contributed by atoms with Crippen LogP contribution in [0.4, 0.5) is 0 Å². The highest BCUT2D eigenvalue weighted by atomic mass is 15.2. The van der Waals surface area contributed by atoms with Gasteiger partial charge in [0.25, 0.3) is 0 Å². The average Bonchev–Trinajstić information content (AvgIpc) is 2.93. The summed E-state index contributed by atoms with van der Waals surface area (Å²) in [6, 6.07) is 11.0. The van der Waals surface area contributed by atoms with Gasteiger partial charge in [-0.25, -0.2) is 0 Å². The summed E-state index contributed by atoms with van der Waals surface area (Å²) in [7, 11) is 0. The van der Waals surface area contributed by atoms with Gasteiger partial charge in [-0.3, -0.25) is 16.3 Å². The van der Waals surface area contributed by atoms with Crippen LogP contribution < -0.4 is 11.3 Å². The summed E-state index contributed by atoms with van der Waals surface area (Å²) in [6.45, 7) is 0. The molecule has 0 fully saturated rings. The fourth-order valence-corrected chi connectivity index (χ4v) is 2.84. The van der Waals surface area contributed by atoms with E-state index in [9.17, 15) is 0 Å². The van der Waals surface area contributed by atoms with E-state index in [1.165, 1.54) is 36.0 Å². The molecule has 0 aliphatic heterocycles. The number of fused-ring (bicyclic) bond motifs is 1. The zero-order chi connectivity index (χ0) is 13.1. The van der Waals surface area contributed by atoms with Gasteiger partial charge in [-0.05, 0) is 54.0 Å². The van der Waals surface area contributed by atoms with E-state index in [0.29, 0.717) is 0 Å². The van der Waals surface area contributed by atoms with Crippen molar-refractivity contribution in [3.8, 4) is 0 Å². The van der Waals surface area contributed by atoms with Crippen LogP contribution in [0, 0.1) is 0 Å². The van der Waals surface area contributed by atoms with Crippen molar-refractivity contribution in [1.82, 2.24) is 10.4 Å². The molecular formula is C16H19N3. The molecule has 1 aliphatic carbocycles. The van der Waals surface area contributed by atoms with Crippen LogP contribution in [0.5, 0.6) is 0 Å². The highest BCUT2D eigenvalue weighted by Crippen LogP contribution is 2.25. The minimum absolute atomic E-state index is 0.119. The third-order valence-electron chi connectivity index (χ3n) is 3.89. The number of hydrogen-bond donors (Lipinski definition) is 2. The molecule has 0 saturated heterocycles. The molecular weight excluding hydrogens is 234 g/mol. The second kappa shape index (κ2) is 5.51. The largest absolute Gasteiger partial charge is 0.271 e. The Hall–Kier alpha value is -1.71. The van der Waals surface area contributed by atoms with Gasteiger partial charge in [0.2, 0.25) is 0 Å². The predicted molar refractivity (Wildman–Crippen MR) is 76.5 cm³/mol. The number of nitrogens with one attached hydrogen (secondary N) is 1. The monoisotopic (exact) mass is 253 g/mol. The molecule has 98 valence electrons. The van der Waals surface area contributed by atoms with Crippen molar-refractivity contribution in [3.63, 3.8) is 0 Å². The zero-order valence-corrected chi connectivity index (χ0v) is 11.0. The highest BCUT2D eigenvalue weighted by Gasteiger charge is 2.14. The smallest absolute Gasteiger partial charge is 0.0515 e. The number of aromatic nitrogens is 1. The van der Waals surface area contributed by atoms with Gasteiger partial charge in [-0.1, -0.05) is 24.3 Å². The summed E-state index contributed by atoms with van der Waals surface area (Å²) >= 11 is 0. The van der Waals surface area contributed by atoms with Crippen LogP contribution >= 0.6 is 0 Å². The van der Waals surface area contributed by atoms with Gasteiger partial charge in [-0.15, -0.1) is 0 Å². The fraction of sp³-hybridized carbons (Fsp3) is 0.312. The molecule has 3 N–H and O–H groups in total. The van der Waals surface area contributed by atoms with Gasteiger partial charge in [0.05, 0.1) is 6.04 Å². The van der Waals surface area contributed by atoms with Crippen molar-refractivity contribution >= 4 is 0 Å². The Labute approximate surface area is 113 Å². The van der Waals surface area contributed by atoms with Crippen molar-refractivity contribution in [2.45, 2.75) is 31.7 Å². The van der Waals surface area contributed by atoms with E-state index < -0.39 is 0 Å². The first kappa shape index (κ1) is 12.3. The molecule has 2 aromatic rings. The summed E-state index contributed by atoms with van der Waals surface area (Å²) in [5, 5.41) is 0. The van der Waals surface area contributed by atoms with E-state index in [1.807, 2.05) is 12.3 Å². The van der Waals surface area contributed by atoms with Crippen LogP contribution in [-0.2, 0) is 19.3 Å². The van der Waals surface area contributed by atoms with Crippen molar-refractivity contribution in [2.24, 2.45) is 5.84 Å². The normalized spacial score (nSPS) is 15.2. The summed E-state index contributed by atoms with van der Waals surface area (Å²) in [4.78, 5) is 4.16. The molecule has 3 heteroatoms. The van der Waals surface area contributed by atoms with E-state index in [2.05, 4.69) is 34.7 Å². The maximum atomic E-state index is 5.69. The summed E-state index contributed by atoms with van der Waals surface area (Å²) < 4.78 is 0. The lowest BCUT2D eigenvalue weighted by Crippen LogP contribution is -2.29. The van der Waals surface area contributed by atoms with Crippen molar-refractivity contribution in [1.29, 1.82) is 0 Å². The number of hydrazine groups is 1. The molecule has 3 nitrogen and oxygen atoms in total. The van der Waals surface area contributed by atoms with E-state index in [4.69, 9.17) is 5.84 Å². The molecule has 0 spiro atoms. The molecule has 0 radical (unpaired) electrons. The van der Waals surface area contributed by atoms with Gasteiger partial charge in [0.15, 0.2) is 0 Å². The third-order valence-corrected chi connectivity index (χ3v) is 3.89. The topological polar surface area (TPSA) is 50.9 Å². The summed E-state index contributed by atoms with van der Waals surface area (Å²) in [6.07, 6.45) is 8.30. The SMILES string of the molecule is NNC(Cc1ccc2c(c1)CCC2)c1cccnc1. The quantitative estimate of drug-likeness (QED) is 0.649. The molecule has 1 aliphatic rings. The van der Waals surface area contributed by atoms with Gasteiger partial charge < -0.3 is 0 Å². The first-order chi connectivity index (χ1) is 9.36. The van der Waals surface area contributed by atoms with Crippen LogP contribution in [0.3, 0.4) is 0 Å². The number of rotatable bonds is 4. The van der Waals surface area contributed by atoms with Gasteiger partial charge in [0, 0.05) is 12.4 Å². The highest BCUT2D eigenvalue weighted by molar-refractivity contribution is 5.36. The Balaban J connectivity index is 1.80. The zero-order valence-electron chi connectivity index (χ0n) is 11.0. The lowest BCUT2D eigenvalue weighted by molar-refractivity contribution is 0.550. The Kier molecular flexibility index (Phi) is 3.58. The van der Waals surface area contributed by atoms with Crippen molar-refractivity contribution < 1.29 is 0 Å². The number of pyridine rings is 1. The first-order valence-electron chi connectivity index (χ1n) is 6.83. The van der Waals surface area contributed by atoms with Gasteiger partial charge in [-0.2, -0.15) is 0 Å². The van der Waals surface area contributed by atoms with Gasteiger partial charge in [0.1, 0.15) is 0 Å². The predicted octanol–water partition coefficient (Wildman–Crippen LogP) is 2.32. The van der Waals surface area contributed by atoms with E-state index in [0.717, 1.165) is 12.0 Å². The molecule has 1 aromatic carbocycles. The Morgan fingerprint density at radius 1 is 1.21 bits per heavy atom. The van der Waals surface area contributed by atoms with Crippen LogP contribution in [-0.4, -0.2) is 4.98 Å². The Morgan fingerprint density at radius 3 is 2.89 bits per heavy atom. The number of nitrogens with zero attached hydrogens (tertiary/aromatic N) is 1. The first-order valence-corrected chi connectivity index (χ1v) is 6.83. The average molecular weight is 253 g/mol. The molecule has 1 aromatic heterocycles. The molecule has 1 atom stereocenters. The Morgan fingerprint density at radius 2 is 2.11 bits per heavy atom. The number of benzene rings is 1. The maximum Gasteiger partial charge on any atom is 0.0515 e. The van der Waals surface area contributed by atoms with E-state index in [1.54, 1.807) is 6.20 Å².